The molecule has 0 aliphatic rings. The number of benzene rings is 9. The Morgan fingerprint density at radius 3 is 1.95 bits per heavy atom. The number of rotatable bonds is 4. The highest BCUT2D eigenvalue weighted by Gasteiger charge is 2.27. The summed E-state index contributed by atoms with van der Waals surface area (Å²) in [5, 5.41) is 11.4. The number of hydrogen-bond acceptors (Lipinski definition) is 5. The molecule has 0 fully saturated rings. The van der Waals surface area contributed by atoms with E-state index in [0.29, 0.717) is 17.5 Å². The van der Waals surface area contributed by atoms with Gasteiger partial charge in [-0.1, -0.05) is 146 Å². The molecule has 0 aliphatic carbocycles. The van der Waals surface area contributed by atoms with Crippen molar-refractivity contribution >= 4 is 96.8 Å². The molecule has 0 radical (unpaired) electrons. The van der Waals surface area contributed by atoms with E-state index in [1.807, 2.05) is 24.3 Å². The van der Waals surface area contributed by atoms with E-state index in [1.165, 1.54) is 37.0 Å². The Morgan fingerprint density at radius 1 is 0.441 bits per heavy atom. The van der Waals surface area contributed by atoms with Gasteiger partial charge in [-0.3, -0.25) is 0 Å². The minimum absolute atomic E-state index is 0.562. The predicted molar refractivity (Wildman–Crippen MR) is 246 cm³/mol. The molecule has 0 amide bonds. The molecule has 5 nitrogen and oxygen atoms in total. The number of thiophene rings is 1. The Hall–Kier alpha value is -7.67. The number of hydrogen-bond donors (Lipinski definition) is 0. The molecule has 0 atom stereocenters. The monoisotopic (exact) mass is 770 g/mol. The first kappa shape index (κ1) is 32.4. The van der Waals surface area contributed by atoms with Gasteiger partial charge in [-0.05, 0) is 52.6 Å². The third kappa shape index (κ3) is 4.75. The minimum Gasteiger partial charge on any atom is -0.455 e. The van der Waals surface area contributed by atoms with Crippen molar-refractivity contribution in [2.24, 2.45) is 0 Å². The lowest BCUT2D eigenvalue weighted by Gasteiger charge is -2.17. The molecule has 59 heavy (non-hydrogen) atoms. The molecule has 0 saturated carbocycles. The van der Waals surface area contributed by atoms with Crippen molar-refractivity contribution in [1.29, 1.82) is 0 Å². The summed E-state index contributed by atoms with van der Waals surface area (Å²) >= 11 is 1.78. The van der Waals surface area contributed by atoms with Crippen LogP contribution in [-0.2, 0) is 0 Å². The van der Waals surface area contributed by atoms with Gasteiger partial charge in [-0.25, -0.2) is 15.0 Å². The summed E-state index contributed by atoms with van der Waals surface area (Å²) in [7, 11) is 0. The van der Waals surface area contributed by atoms with Gasteiger partial charge in [0.2, 0.25) is 0 Å². The summed E-state index contributed by atoms with van der Waals surface area (Å²) in [4.78, 5) is 16.0. The molecule has 4 heterocycles. The van der Waals surface area contributed by atoms with Crippen LogP contribution in [0, 0.1) is 0 Å². The van der Waals surface area contributed by atoms with Crippen LogP contribution in [-0.4, -0.2) is 19.5 Å². The van der Waals surface area contributed by atoms with Gasteiger partial charge in [0.15, 0.2) is 17.5 Å². The molecule has 0 unspecified atom stereocenters. The fourth-order valence-electron chi connectivity index (χ4n) is 9.22. The van der Waals surface area contributed by atoms with Crippen LogP contribution in [0.25, 0.3) is 125 Å². The number of para-hydroxylation sites is 2. The smallest absolute Gasteiger partial charge is 0.168 e. The maximum Gasteiger partial charge on any atom is 0.168 e. The third-order valence-electron chi connectivity index (χ3n) is 11.8. The summed E-state index contributed by atoms with van der Waals surface area (Å²) in [6.45, 7) is 0. The van der Waals surface area contributed by atoms with Crippen LogP contribution >= 0.6 is 11.3 Å². The molecule has 274 valence electrons. The molecule has 0 saturated heterocycles. The second-order valence-corrected chi connectivity index (χ2v) is 16.1. The van der Waals surface area contributed by atoms with Crippen molar-refractivity contribution in [2.75, 3.05) is 0 Å². The standard InChI is InChI=1S/C53H30N4OS/c1-2-15-31(16-3-1)51-54-52(40-25-14-24-38-35-20-10-13-28-45(35)59-50(38)40)56-53(55-51)47-36-21-6-7-22-37(36)48(46-39-23-9-12-27-44(39)58-49(46)47)57-42-26-11-8-19-34(42)41-29-32-17-4-5-18-33(32)30-43(41)57/h1-30H. The van der Waals surface area contributed by atoms with E-state index >= 15 is 0 Å². The molecule has 6 heteroatoms. The van der Waals surface area contributed by atoms with E-state index in [9.17, 15) is 0 Å². The molecule has 9 aromatic carbocycles. The first-order valence-corrected chi connectivity index (χ1v) is 20.6. The SMILES string of the molecule is c1ccc(-c2nc(-c3c4ccccc4c(-n4c5ccccc5c5cc6ccccc6cc54)c4c3oc3ccccc34)nc(-c3cccc4c3sc3ccccc34)n2)cc1. The topological polar surface area (TPSA) is 56.7 Å². The molecule has 0 N–H and O–H groups in total. The number of nitrogens with zero attached hydrogens (tertiary/aromatic N) is 4. The minimum atomic E-state index is 0.562. The average Bonchev–Trinajstić information content (AvgIpc) is 3.97. The van der Waals surface area contributed by atoms with E-state index in [4.69, 9.17) is 19.4 Å². The highest BCUT2D eigenvalue weighted by molar-refractivity contribution is 7.26. The van der Waals surface area contributed by atoms with E-state index in [1.54, 1.807) is 11.3 Å². The van der Waals surface area contributed by atoms with Gasteiger partial charge in [0.05, 0.1) is 27.7 Å². The Bertz CT molecular complexity index is 3860. The van der Waals surface area contributed by atoms with Crippen LogP contribution in [0.15, 0.2) is 186 Å². The Kier molecular flexibility index (Phi) is 6.82. The van der Waals surface area contributed by atoms with Gasteiger partial charge in [-0.2, -0.15) is 0 Å². The molecule has 4 aromatic heterocycles. The predicted octanol–water partition coefficient (Wildman–Crippen LogP) is 14.5. The summed E-state index contributed by atoms with van der Waals surface area (Å²) in [6, 6.07) is 64.2. The van der Waals surface area contributed by atoms with Crippen LogP contribution in [0.4, 0.5) is 0 Å². The second kappa shape index (κ2) is 12.4. The van der Waals surface area contributed by atoms with Crippen molar-refractivity contribution in [1.82, 2.24) is 19.5 Å². The van der Waals surface area contributed by atoms with E-state index in [-0.39, 0.29) is 0 Å². The van der Waals surface area contributed by atoms with Crippen molar-refractivity contribution < 1.29 is 4.42 Å². The largest absolute Gasteiger partial charge is 0.455 e. The number of furan rings is 1. The molecular weight excluding hydrogens is 741 g/mol. The highest BCUT2D eigenvalue weighted by atomic mass is 32.1. The van der Waals surface area contributed by atoms with Gasteiger partial charge in [0.1, 0.15) is 11.2 Å². The summed E-state index contributed by atoms with van der Waals surface area (Å²) < 4.78 is 11.9. The van der Waals surface area contributed by atoms with Gasteiger partial charge in [0.25, 0.3) is 0 Å². The molecule has 0 aliphatic heterocycles. The fraction of sp³-hybridized carbons (Fsp3) is 0. The van der Waals surface area contributed by atoms with E-state index in [2.05, 4.69) is 162 Å². The summed E-state index contributed by atoms with van der Waals surface area (Å²) in [5.74, 6) is 1.79. The second-order valence-electron chi connectivity index (χ2n) is 15.1. The first-order valence-electron chi connectivity index (χ1n) is 19.8. The Balaban J connectivity index is 1.18. The lowest BCUT2D eigenvalue weighted by molar-refractivity contribution is 0.670. The average molecular weight is 771 g/mol. The summed E-state index contributed by atoms with van der Waals surface area (Å²) in [5.41, 5.74) is 7.61. The lowest BCUT2D eigenvalue weighted by atomic mass is 9.96. The van der Waals surface area contributed by atoms with Crippen molar-refractivity contribution in [3.8, 4) is 39.9 Å². The van der Waals surface area contributed by atoms with Crippen molar-refractivity contribution in [3.63, 3.8) is 0 Å². The van der Waals surface area contributed by atoms with Crippen LogP contribution < -0.4 is 0 Å². The van der Waals surface area contributed by atoms with Gasteiger partial charge >= 0.3 is 0 Å². The molecule has 13 aromatic rings. The normalized spacial score (nSPS) is 12.1. The van der Waals surface area contributed by atoms with Crippen LogP contribution in [0.2, 0.25) is 0 Å². The van der Waals surface area contributed by atoms with Gasteiger partial charge in [0, 0.05) is 52.8 Å². The quantitative estimate of drug-likeness (QED) is 0.179. The van der Waals surface area contributed by atoms with Crippen molar-refractivity contribution in [3.05, 3.63) is 182 Å². The van der Waals surface area contributed by atoms with Gasteiger partial charge < -0.3 is 8.98 Å². The maximum atomic E-state index is 7.07. The molecule has 13 rings (SSSR count). The van der Waals surface area contributed by atoms with Crippen LogP contribution in [0.5, 0.6) is 0 Å². The zero-order valence-electron chi connectivity index (χ0n) is 31.4. The van der Waals surface area contributed by atoms with E-state index < -0.39 is 0 Å². The third-order valence-corrected chi connectivity index (χ3v) is 13.0. The molecule has 0 bridgehead atoms. The molecule has 0 spiro atoms. The number of fused-ring (bicyclic) bond motifs is 11. The highest BCUT2D eigenvalue weighted by Crippen LogP contribution is 2.48. The summed E-state index contributed by atoms with van der Waals surface area (Å²) in [6.07, 6.45) is 0. The van der Waals surface area contributed by atoms with Gasteiger partial charge in [-0.15, -0.1) is 11.3 Å². The zero-order valence-corrected chi connectivity index (χ0v) is 32.2. The zero-order chi connectivity index (χ0) is 38.6. The molecular formula is C53H30N4OS. The maximum absolute atomic E-state index is 7.07. The van der Waals surface area contributed by atoms with E-state index in [0.717, 1.165) is 70.8 Å². The Labute approximate surface area is 341 Å². The lowest BCUT2D eigenvalue weighted by Crippen LogP contribution is -2.02. The van der Waals surface area contributed by atoms with Crippen molar-refractivity contribution in [2.45, 2.75) is 0 Å². The van der Waals surface area contributed by atoms with Crippen LogP contribution in [0.1, 0.15) is 0 Å². The van der Waals surface area contributed by atoms with Crippen LogP contribution in [0.3, 0.4) is 0 Å². The Morgan fingerprint density at radius 2 is 1.08 bits per heavy atom. The number of aromatic nitrogens is 4. The first-order chi connectivity index (χ1) is 29.3. The fourth-order valence-corrected chi connectivity index (χ4v) is 10.4.